The summed E-state index contributed by atoms with van der Waals surface area (Å²) in [6, 6.07) is 26.1. The maximum Gasteiger partial charge on any atom is 0.268 e. The summed E-state index contributed by atoms with van der Waals surface area (Å²) in [5.41, 5.74) is 3.62. The van der Waals surface area contributed by atoms with Gasteiger partial charge in [-0.1, -0.05) is 60.7 Å². The zero-order valence-corrected chi connectivity index (χ0v) is 14.7. The molecule has 0 unspecified atom stereocenters. The predicted octanol–water partition coefficient (Wildman–Crippen LogP) is 4.76. The SMILES string of the molecule is O=C(NCc1ccc(F)cc1)c1cc2ccccc2n1Cc1ccccc1. The smallest absolute Gasteiger partial charge is 0.268 e. The molecule has 0 saturated carbocycles. The van der Waals surface area contributed by atoms with Crippen LogP contribution in [0.4, 0.5) is 4.39 Å². The molecule has 0 saturated heterocycles. The number of hydrogen-bond donors (Lipinski definition) is 1. The molecule has 1 heterocycles. The van der Waals surface area contributed by atoms with E-state index in [4.69, 9.17) is 0 Å². The molecule has 27 heavy (non-hydrogen) atoms. The molecule has 0 aliphatic carbocycles. The second-order valence-electron chi connectivity index (χ2n) is 6.47. The summed E-state index contributed by atoms with van der Waals surface area (Å²) in [5.74, 6) is -0.431. The van der Waals surface area contributed by atoms with E-state index in [1.54, 1.807) is 12.1 Å². The van der Waals surface area contributed by atoms with Gasteiger partial charge in [0.25, 0.3) is 5.91 Å². The van der Waals surface area contributed by atoms with Gasteiger partial charge in [0.05, 0.1) is 0 Å². The first-order valence-corrected chi connectivity index (χ1v) is 8.85. The summed E-state index contributed by atoms with van der Waals surface area (Å²) in [5, 5.41) is 3.97. The van der Waals surface area contributed by atoms with Crippen molar-refractivity contribution in [1.29, 1.82) is 0 Å². The molecule has 3 nitrogen and oxygen atoms in total. The topological polar surface area (TPSA) is 34.0 Å². The highest BCUT2D eigenvalue weighted by atomic mass is 19.1. The minimum atomic E-state index is -0.284. The number of rotatable bonds is 5. The van der Waals surface area contributed by atoms with Gasteiger partial charge in [0, 0.05) is 24.0 Å². The summed E-state index contributed by atoms with van der Waals surface area (Å²) in [4.78, 5) is 12.9. The first kappa shape index (κ1) is 17.0. The van der Waals surface area contributed by atoms with Gasteiger partial charge < -0.3 is 9.88 Å². The highest BCUT2D eigenvalue weighted by Gasteiger charge is 2.15. The highest BCUT2D eigenvalue weighted by Crippen LogP contribution is 2.21. The van der Waals surface area contributed by atoms with Gasteiger partial charge in [0.1, 0.15) is 11.5 Å². The van der Waals surface area contributed by atoms with Crippen LogP contribution in [0, 0.1) is 5.82 Å². The first-order chi connectivity index (χ1) is 13.2. The van der Waals surface area contributed by atoms with Gasteiger partial charge in [-0.15, -0.1) is 0 Å². The second-order valence-corrected chi connectivity index (χ2v) is 6.47. The number of fused-ring (bicyclic) bond motifs is 1. The molecule has 0 radical (unpaired) electrons. The Morgan fingerprint density at radius 3 is 2.33 bits per heavy atom. The molecule has 134 valence electrons. The third-order valence-electron chi connectivity index (χ3n) is 4.59. The number of halogens is 1. The molecular weight excluding hydrogens is 339 g/mol. The van der Waals surface area contributed by atoms with Crippen LogP contribution in [0.25, 0.3) is 10.9 Å². The third kappa shape index (κ3) is 3.75. The number of nitrogens with one attached hydrogen (secondary N) is 1. The number of benzene rings is 3. The molecule has 4 aromatic rings. The van der Waals surface area contributed by atoms with Crippen LogP contribution in [0.3, 0.4) is 0 Å². The summed E-state index contributed by atoms with van der Waals surface area (Å²) < 4.78 is 15.1. The van der Waals surface area contributed by atoms with Crippen LogP contribution >= 0.6 is 0 Å². The number of carbonyl (C=O) groups is 1. The van der Waals surface area contributed by atoms with Crippen molar-refractivity contribution >= 4 is 16.8 Å². The molecule has 0 atom stereocenters. The summed E-state index contributed by atoms with van der Waals surface area (Å²) in [7, 11) is 0. The van der Waals surface area contributed by atoms with Crippen LogP contribution in [0.1, 0.15) is 21.6 Å². The fraction of sp³-hybridized carbons (Fsp3) is 0.0870. The maximum absolute atomic E-state index is 13.0. The van der Waals surface area contributed by atoms with Crippen molar-refractivity contribution in [2.24, 2.45) is 0 Å². The molecule has 1 amide bonds. The Hall–Kier alpha value is -3.40. The fourth-order valence-electron chi connectivity index (χ4n) is 3.21. The Balaban J connectivity index is 1.62. The van der Waals surface area contributed by atoms with Crippen LogP contribution in [0.15, 0.2) is 84.9 Å². The van der Waals surface area contributed by atoms with Gasteiger partial charge in [0.15, 0.2) is 0 Å². The average Bonchev–Trinajstić information content (AvgIpc) is 3.07. The molecule has 1 aromatic heterocycles. The Labute approximate surface area is 157 Å². The van der Waals surface area contributed by atoms with Crippen LogP contribution in [0.5, 0.6) is 0 Å². The second kappa shape index (κ2) is 7.46. The van der Waals surface area contributed by atoms with E-state index in [1.807, 2.05) is 53.1 Å². The minimum absolute atomic E-state index is 0.147. The monoisotopic (exact) mass is 358 g/mol. The van der Waals surface area contributed by atoms with Gasteiger partial charge in [-0.25, -0.2) is 4.39 Å². The summed E-state index contributed by atoms with van der Waals surface area (Å²) in [6.07, 6.45) is 0. The number of para-hydroxylation sites is 1. The Morgan fingerprint density at radius 1 is 0.852 bits per heavy atom. The van der Waals surface area contributed by atoms with E-state index in [0.29, 0.717) is 18.8 Å². The lowest BCUT2D eigenvalue weighted by Gasteiger charge is -2.11. The van der Waals surface area contributed by atoms with E-state index >= 15 is 0 Å². The molecule has 0 aliphatic heterocycles. The standard InChI is InChI=1S/C23H19FN2O/c24-20-12-10-17(11-13-20)15-25-23(27)22-14-19-8-4-5-9-21(19)26(22)16-18-6-2-1-3-7-18/h1-14H,15-16H2,(H,25,27). The van der Waals surface area contributed by atoms with E-state index in [2.05, 4.69) is 17.4 Å². The number of aromatic nitrogens is 1. The van der Waals surface area contributed by atoms with E-state index in [-0.39, 0.29) is 11.7 Å². The van der Waals surface area contributed by atoms with Gasteiger partial charge in [-0.2, -0.15) is 0 Å². The largest absolute Gasteiger partial charge is 0.347 e. The summed E-state index contributed by atoms with van der Waals surface area (Å²) >= 11 is 0. The van der Waals surface area contributed by atoms with Crippen molar-refractivity contribution in [2.75, 3.05) is 0 Å². The minimum Gasteiger partial charge on any atom is -0.347 e. The molecule has 0 fully saturated rings. The van der Waals surface area contributed by atoms with Gasteiger partial charge in [-0.3, -0.25) is 4.79 Å². The molecule has 0 aliphatic rings. The van der Waals surface area contributed by atoms with E-state index in [0.717, 1.165) is 22.0 Å². The quantitative estimate of drug-likeness (QED) is 0.548. The van der Waals surface area contributed by atoms with Gasteiger partial charge >= 0.3 is 0 Å². The lowest BCUT2D eigenvalue weighted by Crippen LogP contribution is -2.25. The van der Waals surface area contributed by atoms with E-state index < -0.39 is 0 Å². The Kier molecular flexibility index (Phi) is 4.71. The molecule has 1 N–H and O–H groups in total. The lowest BCUT2D eigenvalue weighted by atomic mass is 10.2. The zero-order chi connectivity index (χ0) is 18.6. The van der Waals surface area contributed by atoms with Crippen molar-refractivity contribution in [3.05, 3.63) is 108 Å². The Morgan fingerprint density at radius 2 is 1.56 bits per heavy atom. The van der Waals surface area contributed by atoms with Crippen molar-refractivity contribution < 1.29 is 9.18 Å². The highest BCUT2D eigenvalue weighted by molar-refractivity contribution is 5.98. The van der Waals surface area contributed by atoms with Crippen LogP contribution in [0.2, 0.25) is 0 Å². The van der Waals surface area contributed by atoms with Crippen LogP contribution in [-0.2, 0) is 13.1 Å². The molecule has 3 aromatic carbocycles. The zero-order valence-electron chi connectivity index (χ0n) is 14.7. The molecular formula is C23H19FN2O. The number of hydrogen-bond acceptors (Lipinski definition) is 1. The molecule has 0 bridgehead atoms. The normalized spacial score (nSPS) is 10.9. The fourth-order valence-corrected chi connectivity index (χ4v) is 3.21. The average molecular weight is 358 g/mol. The van der Waals surface area contributed by atoms with Crippen LogP contribution < -0.4 is 5.32 Å². The van der Waals surface area contributed by atoms with Crippen molar-refractivity contribution in [2.45, 2.75) is 13.1 Å². The number of amides is 1. The van der Waals surface area contributed by atoms with Gasteiger partial charge in [0.2, 0.25) is 0 Å². The van der Waals surface area contributed by atoms with Crippen molar-refractivity contribution in [1.82, 2.24) is 9.88 Å². The maximum atomic E-state index is 13.0. The Bertz CT molecular complexity index is 1070. The van der Waals surface area contributed by atoms with E-state index in [9.17, 15) is 9.18 Å². The molecule has 0 spiro atoms. The third-order valence-corrected chi connectivity index (χ3v) is 4.59. The summed E-state index contributed by atoms with van der Waals surface area (Å²) in [6.45, 7) is 0.972. The molecule has 4 rings (SSSR count). The van der Waals surface area contributed by atoms with Gasteiger partial charge in [-0.05, 0) is 35.4 Å². The van der Waals surface area contributed by atoms with Crippen molar-refractivity contribution in [3.8, 4) is 0 Å². The van der Waals surface area contributed by atoms with Crippen LogP contribution in [-0.4, -0.2) is 10.5 Å². The predicted molar refractivity (Wildman–Crippen MR) is 105 cm³/mol. The lowest BCUT2D eigenvalue weighted by molar-refractivity contribution is 0.0942. The first-order valence-electron chi connectivity index (χ1n) is 8.85. The van der Waals surface area contributed by atoms with Crippen molar-refractivity contribution in [3.63, 3.8) is 0 Å². The number of carbonyl (C=O) groups excluding carboxylic acids is 1. The molecule has 4 heteroatoms. The number of nitrogens with zero attached hydrogens (tertiary/aromatic N) is 1. The van der Waals surface area contributed by atoms with E-state index in [1.165, 1.54) is 12.1 Å².